The van der Waals surface area contributed by atoms with Gasteiger partial charge >= 0.3 is 0 Å². The Morgan fingerprint density at radius 3 is 3.27 bits per heavy atom. The lowest BCUT2D eigenvalue weighted by molar-refractivity contribution is -0.894. The second-order valence-corrected chi connectivity index (χ2v) is 2.23. The van der Waals surface area contributed by atoms with Crippen LogP contribution in [0, 0.1) is 0 Å². The smallest absolute Gasteiger partial charge is 0.286 e. The molecule has 58 valence electrons. The van der Waals surface area contributed by atoms with Crippen LogP contribution in [0.25, 0.3) is 0 Å². The molecule has 5 N–H and O–H groups in total. The van der Waals surface area contributed by atoms with Crippen molar-refractivity contribution in [1.29, 1.82) is 0 Å². The molecule has 0 fully saturated rings. The number of rotatable bonds is 0. The summed E-state index contributed by atoms with van der Waals surface area (Å²) in [5.74, 6) is 0.938. The Bertz CT molecular complexity index is 299. The maximum atomic E-state index is 9.04. The van der Waals surface area contributed by atoms with Crippen molar-refractivity contribution < 1.29 is 9.94 Å². The van der Waals surface area contributed by atoms with Crippen LogP contribution in [0.5, 0.6) is 0 Å². The molecular formula is C5H8N5O+. The standard InChI is InChI=1S/C5H7N5O/c6-4-3-5(8-1-7-3)9-2-10(4)11/h2,7,11H,1H2,(H2,6,8)/p+1. The van der Waals surface area contributed by atoms with Gasteiger partial charge in [0.05, 0.1) is 6.67 Å². The van der Waals surface area contributed by atoms with E-state index in [0.717, 1.165) is 4.73 Å². The highest BCUT2D eigenvalue weighted by molar-refractivity contribution is 5.76. The first-order valence-electron chi connectivity index (χ1n) is 3.16. The van der Waals surface area contributed by atoms with Crippen molar-refractivity contribution in [2.45, 2.75) is 0 Å². The zero-order valence-corrected chi connectivity index (χ0v) is 5.70. The molecule has 0 aliphatic carbocycles. The average molecular weight is 154 g/mol. The number of aromatic nitrogens is 2. The SMILES string of the molecule is Nc1c2c(nc[n+]1O)NCN2. The molecule has 1 aliphatic rings. The van der Waals surface area contributed by atoms with Gasteiger partial charge in [-0.2, -0.15) is 0 Å². The van der Waals surface area contributed by atoms with Gasteiger partial charge in [-0.15, -0.1) is 0 Å². The Labute approximate surface area is 62.6 Å². The highest BCUT2D eigenvalue weighted by atomic mass is 16.5. The van der Waals surface area contributed by atoms with E-state index in [9.17, 15) is 0 Å². The number of nitrogens with one attached hydrogen (secondary N) is 2. The van der Waals surface area contributed by atoms with Gasteiger partial charge in [-0.3, -0.25) is 0 Å². The van der Waals surface area contributed by atoms with Gasteiger partial charge in [-0.25, -0.2) is 0 Å². The van der Waals surface area contributed by atoms with Crippen LogP contribution >= 0.6 is 0 Å². The van der Waals surface area contributed by atoms with E-state index < -0.39 is 0 Å². The lowest BCUT2D eigenvalue weighted by atomic mass is 10.4. The molecule has 0 saturated heterocycles. The molecule has 6 heteroatoms. The van der Waals surface area contributed by atoms with Gasteiger partial charge in [0.25, 0.3) is 12.1 Å². The molecule has 1 aliphatic heterocycles. The third kappa shape index (κ3) is 0.721. The molecular weight excluding hydrogens is 146 g/mol. The topological polar surface area (TPSA) is 87.1 Å². The predicted molar refractivity (Wildman–Crippen MR) is 38.1 cm³/mol. The minimum absolute atomic E-state index is 0.264. The second kappa shape index (κ2) is 1.88. The Morgan fingerprint density at radius 1 is 1.64 bits per heavy atom. The Balaban J connectivity index is 2.62. The summed E-state index contributed by atoms with van der Waals surface area (Å²) in [5, 5.41) is 14.9. The number of hydrogen-bond acceptors (Lipinski definition) is 5. The Morgan fingerprint density at radius 2 is 2.45 bits per heavy atom. The maximum absolute atomic E-state index is 9.04. The van der Waals surface area contributed by atoms with Crippen LogP contribution in [0.15, 0.2) is 6.33 Å². The number of anilines is 3. The van der Waals surface area contributed by atoms with E-state index in [2.05, 4.69) is 15.6 Å². The summed E-state index contributed by atoms with van der Waals surface area (Å²) in [4.78, 5) is 3.88. The molecule has 0 saturated carbocycles. The Kier molecular flexibility index (Phi) is 1.03. The molecule has 1 aromatic heterocycles. The van der Waals surface area contributed by atoms with Crippen molar-refractivity contribution in [3.8, 4) is 0 Å². The highest BCUT2D eigenvalue weighted by Crippen LogP contribution is 2.25. The second-order valence-electron chi connectivity index (χ2n) is 2.23. The summed E-state index contributed by atoms with van der Waals surface area (Å²) in [6.07, 6.45) is 1.24. The van der Waals surface area contributed by atoms with Crippen molar-refractivity contribution in [3.05, 3.63) is 6.33 Å². The normalized spacial score (nSPS) is 13.5. The van der Waals surface area contributed by atoms with E-state index in [-0.39, 0.29) is 5.82 Å². The zero-order chi connectivity index (χ0) is 7.84. The molecule has 0 atom stereocenters. The fourth-order valence-corrected chi connectivity index (χ4v) is 1.000. The van der Waals surface area contributed by atoms with Gasteiger partial charge in [0.15, 0.2) is 5.69 Å². The van der Waals surface area contributed by atoms with E-state index in [0.29, 0.717) is 18.2 Å². The molecule has 11 heavy (non-hydrogen) atoms. The summed E-state index contributed by atoms with van der Waals surface area (Å²) in [6.45, 7) is 0.594. The first-order valence-corrected chi connectivity index (χ1v) is 3.16. The van der Waals surface area contributed by atoms with E-state index >= 15 is 0 Å². The summed E-state index contributed by atoms with van der Waals surface area (Å²) in [6, 6.07) is 0. The quantitative estimate of drug-likeness (QED) is 0.284. The fraction of sp³-hybridized carbons (Fsp3) is 0.200. The molecule has 0 unspecified atom stereocenters. The number of nitrogens with two attached hydrogens (primary N) is 1. The molecule has 2 heterocycles. The van der Waals surface area contributed by atoms with Crippen molar-refractivity contribution in [2.24, 2.45) is 0 Å². The summed E-state index contributed by atoms with van der Waals surface area (Å²) in [5.41, 5.74) is 6.15. The van der Waals surface area contributed by atoms with Crippen LogP contribution in [-0.2, 0) is 0 Å². The Hall–Kier alpha value is -1.72. The van der Waals surface area contributed by atoms with Gasteiger partial charge in [0.1, 0.15) is 0 Å². The first kappa shape index (κ1) is 6.02. The number of nitrogen functional groups attached to an aromatic ring is 1. The molecule has 0 spiro atoms. The van der Waals surface area contributed by atoms with Crippen LogP contribution in [0.1, 0.15) is 0 Å². The van der Waals surface area contributed by atoms with Gasteiger partial charge in [0.2, 0.25) is 5.82 Å². The van der Waals surface area contributed by atoms with E-state index in [4.69, 9.17) is 10.9 Å². The van der Waals surface area contributed by atoms with Crippen LogP contribution < -0.4 is 21.1 Å². The average Bonchev–Trinajstić information content (AvgIpc) is 2.45. The molecule has 0 bridgehead atoms. The van der Waals surface area contributed by atoms with E-state index in [1.807, 2.05) is 0 Å². The summed E-state index contributed by atoms with van der Waals surface area (Å²) < 4.78 is 0.777. The van der Waals surface area contributed by atoms with E-state index in [1.54, 1.807) is 0 Å². The minimum Gasteiger partial charge on any atom is -0.371 e. The maximum Gasteiger partial charge on any atom is 0.286 e. The van der Waals surface area contributed by atoms with Gasteiger partial charge in [0, 0.05) is 0 Å². The van der Waals surface area contributed by atoms with Crippen LogP contribution in [0.3, 0.4) is 0 Å². The third-order valence-corrected chi connectivity index (χ3v) is 1.56. The van der Waals surface area contributed by atoms with Crippen LogP contribution in [0.4, 0.5) is 17.3 Å². The van der Waals surface area contributed by atoms with Gasteiger partial charge in [-0.1, -0.05) is 9.71 Å². The van der Waals surface area contributed by atoms with Crippen LogP contribution in [0.2, 0.25) is 0 Å². The lowest BCUT2D eigenvalue weighted by Crippen LogP contribution is -2.34. The minimum atomic E-state index is 0.264. The predicted octanol–water partition coefficient (Wildman–Crippen LogP) is -1.02. The van der Waals surface area contributed by atoms with Gasteiger partial charge < -0.3 is 21.6 Å². The van der Waals surface area contributed by atoms with Crippen molar-refractivity contribution in [3.63, 3.8) is 0 Å². The third-order valence-electron chi connectivity index (χ3n) is 1.56. The first-order chi connectivity index (χ1) is 5.29. The lowest BCUT2D eigenvalue weighted by Gasteiger charge is -1.97. The highest BCUT2D eigenvalue weighted by Gasteiger charge is 2.21. The fourth-order valence-electron chi connectivity index (χ4n) is 1.000. The molecule has 0 radical (unpaired) electrons. The monoisotopic (exact) mass is 154 g/mol. The molecule has 0 aromatic carbocycles. The number of fused-ring (bicyclic) bond motifs is 1. The van der Waals surface area contributed by atoms with Crippen LogP contribution in [-0.4, -0.2) is 16.9 Å². The van der Waals surface area contributed by atoms with E-state index in [1.165, 1.54) is 6.33 Å². The van der Waals surface area contributed by atoms with Crippen molar-refractivity contribution >= 4 is 17.3 Å². The largest absolute Gasteiger partial charge is 0.371 e. The zero-order valence-electron chi connectivity index (χ0n) is 5.70. The number of nitrogens with zero attached hydrogens (tertiary/aromatic N) is 2. The number of hydrogen-bond donors (Lipinski definition) is 4. The van der Waals surface area contributed by atoms with Gasteiger partial charge in [-0.05, 0) is 0 Å². The molecule has 2 rings (SSSR count). The molecule has 0 amide bonds. The van der Waals surface area contributed by atoms with Crippen molar-refractivity contribution in [2.75, 3.05) is 23.0 Å². The van der Waals surface area contributed by atoms with Crippen molar-refractivity contribution in [1.82, 2.24) is 4.98 Å². The summed E-state index contributed by atoms with van der Waals surface area (Å²) in [7, 11) is 0. The molecule has 6 nitrogen and oxygen atoms in total. The summed E-state index contributed by atoms with van der Waals surface area (Å²) >= 11 is 0. The molecule has 1 aromatic rings.